The lowest BCUT2D eigenvalue weighted by Crippen LogP contribution is -1.80. The van der Waals surface area contributed by atoms with Crippen molar-refractivity contribution in [3.05, 3.63) is 46.7 Å². The maximum Gasteiger partial charge on any atom is -0.0128 e. The Morgan fingerprint density at radius 1 is 1.25 bits per heavy atom. The Labute approximate surface area is 74.2 Å². The van der Waals surface area contributed by atoms with Crippen LogP contribution < -0.4 is 0 Å². The lowest BCUT2D eigenvalue weighted by molar-refractivity contribution is 1.38. The first kappa shape index (κ1) is 8.83. The summed E-state index contributed by atoms with van der Waals surface area (Å²) in [6, 6.07) is 6.44. The molecule has 0 atom stereocenters. The van der Waals surface area contributed by atoms with Crippen LogP contribution in [0.25, 0.3) is 6.08 Å². The highest BCUT2D eigenvalue weighted by Crippen LogP contribution is 2.11. The Morgan fingerprint density at radius 3 is 2.67 bits per heavy atom. The van der Waals surface area contributed by atoms with Gasteiger partial charge in [0, 0.05) is 0 Å². The van der Waals surface area contributed by atoms with Gasteiger partial charge >= 0.3 is 0 Å². The van der Waals surface area contributed by atoms with Gasteiger partial charge in [-0.05, 0) is 44.1 Å². The molecule has 0 aromatic heterocycles. The minimum Gasteiger partial charge on any atom is -0.125 e. The molecule has 0 heterocycles. The van der Waals surface area contributed by atoms with Gasteiger partial charge in [0.15, 0.2) is 0 Å². The summed E-state index contributed by atoms with van der Waals surface area (Å²) in [6.45, 7) is 6.19. The SMILES string of the molecule is CC=C=Cc1cc(C)ccc1C. The van der Waals surface area contributed by atoms with Crippen molar-refractivity contribution in [2.75, 3.05) is 0 Å². The molecule has 0 aliphatic heterocycles. The number of allylic oxidation sites excluding steroid dienone is 1. The van der Waals surface area contributed by atoms with E-state index in [0.29, 0.717) is 0 Å². The van der Waals surface area contributed by atoms with Crippen LogP contribution >= 0.6 is 0 Å². The minimum absolute atomic E-state index is 1.26. The van der Waals surface area contributed by atoms with Gasteiger partial charge < -0.3 is 0 Å². The molecular weight excluding hydrogens is 144 g/mol. The van der Waals surface area contributed by atoms with E-state index in [9.17, 15) is 0 Å². The van der Waals surface area contributed by atoms with Crippen LogP contribution in [0.1, 0.15) is 23.6 Å². The highest BCUT2D eigenvalue weighted by Gasteiger charge is 1.92. The van der Waals surface area contributed by atoms with E-state index in [4.69, 9.17) is 0 Å². The third-order valence-electron chi connectivity index (χ3n) is 1.84. The van der Waals surface area contributed by atoms with Gasteiger partial charge in [0.05, 0.1) is 0 Å². The molecule has 0 N–H and O–H groups in total. The molecule has 0 nitrogen and oxygen atoms in total. The molecule has 0 bridgehead atoms. The maximum absolute atomic E-state index is 3.08. The van der Waals surface area contributed by atoms with E-state index >= 15 is 0 Å². The van der Waals surface area contributed by atoms with E-state index in [0.717, 1.165) is 0 Å². The van der Waals surface area contributed by atoms with Gasteiger partial charge in [0.2, 0.25) is 0 Å². The first-order valence-corrected chi connectivity index (χ1v) is 4.18. The Hall–Kier alpha value is -1.26. The van der Waals surface area contributed by atoms with Crippen LogP contribution in [0.4, 0.5) is 0 Å². The average Bonchev–Trinajstić information content (AvgIpc) is 2.07. The highest BCUT2D eigenvalue weighted by atomic mass is 14.0. The van der Waals surface area contributed by atoms with Crippen molar-refractivity contribution in [3.8, 4) is 0 Å². The fourth-order valence-corrected chi connectivity index (χ4v) is 1.09. The predicted octanol–water partition coefficient (Wildman–Crippen LogP) is 3.49. The quantitative estimate of drug-likeness (QED) is 0.549. The Balaban J connectivity index is 3.14. The Morgan fingerprint density at radius 2 is 2.00 bits per heavy atom. The van der Waals surface area contributed by atoms with Crippen LogP contribution in [-0.2, 0) is 0 Å². The molecule has 0 saturated carbocycles. The number of hydrogen-bond acceptors (Lipinski definition) is 0. The van der Waals surface area contributed by atoms with E-state index in [1.54, 1.807) is 0 Å². The molecule has 0 saturated heterocycles. The summed E-state index contributed by atoms with van der Waals surface area (Å²) in [5.41, 5.74) is 6.94. The molecule has 0 unspecified atom stereocenters. The van der Waals surface area contributed by atoms with Gasteiger partial charge in [-0.2, -0.15) is 0 Å². The second-order valence-corrected chi connectivity index (χ2v) is 2.96. The molecule has 1 aromatic rings. The van der Waals surface area contributed by atoms with Crippen LogP contribution in [-0.4, -0.2) is 0 Å². The van der Waals surface area contributed by atoms with Crippen molar-refractivity contribution in [1.82, 2.24) is 0 Å². The van der Waals surface area contributed by atoms with Crippen molar-refractivity contribution in [1.29, 1.82) is 0 Å². The molecule has 0 spiro atoms. The summed E-state index contributed by atoms with van der Waals surface area (Å²) < 4.78 is 0. The molecule has 0 radical (unpaired) electrons. The number of hydrogen-bond donors (Lipinski definition) is 0. The summed E-state index contributed by atoms with van der Waals surface area (Å²) >= 11 is 0. The molecule has 0 amide bonds. The molecule has 1 aromatic carbocycles. The molecule has 0 fully saturated rings. The van der Waals surface area contributed by atoms with Crippen molar-refractivity contribution in [3.63, 3.8) is 0 Å². The van der Waals surface area contributed by atoms with Crippen molar-refractivity contribution < 1.29 is 0 Å². The van der Waals surface area contributed by atoms with E-state index in [2.05, 4.69) is 37.8 Å². The van der Waals surface area contributed by atoms with Gasteiger partial charge in [0.1, 0.15) is 0 Å². The third-order valence-corrected chi connectivity index (χ3v) is 1.84. The van der Waals surface area contributed by atoms with E-state index in [1.165, 1.54) is 16.7 Å². The van der Waals surface area contributed by atoms with Crippen LogP contribution in [0.5, 0.6) is 0 Å². The Bertz CT molecular complexity index is 326. The Kier molecular flexibility index (Phi) is 2.90. The molecule has 0 heteroatoms. The molecule has 62 valence electrons. The molecule has 12 heavy (non-hydrogen) atoms. The molecule has 0 aliphatic carbocycles. The van der Waals surface area contributed by atoms with Gasteiger partial charge in [-0.1, -0.05) is 23.8 Å². The number of aryl methyl sites for hydroxylation is 2. The lowest BCUT2D eigenvalue weighted by atomic mass is 10.1. The van der Waals surface area contributed by atoms with Crippen LogP contribution in [0.3, 0.4) is 0 Å². The smallest absolute Gasteiger partial charge is 0.0128 e. The lowest BCUT2D eigenvalue weighted by Gasteiger charge is -1.99. The summed E-state index contributed by atoms with van der Waals surface area (Å²) in [6.07, 6.45) is 3.93. The largest absolute Gasteiger partial charge is 0.125 e. The second kappa shape index (κ2) is 3.94. The van der Waals surface area contributed by atoms with E-state index in [-0.39, 0.29) is 0 Å². The predicted molar refractivity (Wildman–Crippen MR) is 54.1 cm³/mol. The monoisotopic (exact) mass is 158 g/mol. The fourth-order valence-electron chi connectivity index (χ4n) is 1.09. The number of rotatable bonds is 1. The first-order chi connectivity index (χ1) is 5.74. The van der Waals surface area contributed by atoms with Gasteiger partial charge in [-0.25, -0.2) is 0 Å². The van der Waals surface area contributed by atoms with Crippen LogP contribution in [0.2, 0.25) is 0 Å². The number of benzene rings is 1. The normalized spacial score (nSPS) is 8.92. The average molecular weight is 158 g/mol. The summed E-state index contributed by atoms with van der Waals surface area (Å²) in [5.74, 6) is 0. The van der Waals surface area contributed by atoms with Crippen molar-refractivity contribution in [2.24, 2.45) is 0 Å². The van der Waals surface area contributed by atoms with Crippen LogP contribution in [0.15, 0.2) is 30.0 Å². The van der Waals surface area contributed by atoms with E-state index < -0.39 is 0 Å². The zero-order chi connectivity index (χ0) is 8.97. The topological polar surface area (TPSA) is 0 Å². The zero-order valence-electron chi connectivity index (χ0n) is 7.89. The van der Waals surface area contributed by atoms with E-state index in [1.807, 2.05) is 19.1 Å². The zero-order valence-corrected chi connectivity index (χ0v) is 7.89. The maximum atomic E-state index is 3.08. The van der Waals surface area contributed by atoms with Gasteiger partial charge in [-0.15, -0.1) is 5.73 Å². The highest BCUT2D eigenvalue weighted by molar-refractivity contribution is 5.53. The summed E-state index contributed by atoms with van der Waals surface area (Å²) in [7, 11) is 0. The summed E-state index contributed by atoms with van der Waals surface area (Å²) in [5, 5.41) is 0. The molecule has 1 rings (SSSR count). The van der Waals surface area contributed by atoms with Crippen molar-refractivity contribution >= 4 is 6.08 Å². The van der Waals surface area contributed by atoms with Gasteiger partial charge in [0.25, 0.3) is 0 Å². The molecule has 0 aliphatic rings. The molecular formula is C12H14. The van der Waals surface area contributed by atoms with Crippen LogP contribution in [0, 0.1) is 13.8 Å². The third kappa shape index (κ3) is 2.11. The first-order valence-electron chi connectivity index (χ1n) is 4.18. The standard InChI is InChI=1S/C12H14/c1-4-5-6-12-9-10(2)7-8-11(12)3/h4,6-9H,1-3H3. The summed E-state index contributed by atoms with van der Waals surface area (Å²) in [4.78, 5) is 0. The van der Waals surface area contributed by atoms with Crippen molar-refractivity contribution in [2.45, 2.75) is 20.8 Å². The minimum atomic E-state index is 1.26. The second-order valence-electron chi connectivity index (χ2n) is 2.96. The van der Waals surface area contributed by atoms with Gasteiger partial charge in [-0.3, -0.25) is 0 Å². The fraction of sp³-hybridized carbons (Fsp3) is 0.250.